The Morgan fingerprint density at radius 1 is 1.23 bits per heavy atom. The summed E-state index contributed by atoms with van der Waals surface area (Å²) >= 11 is 0. The lowest BCUT2D eigenvalue weighted by molar-refractivity contribution is 0.0270. The number of amides is 2. The Morgan fingerprint density at radius 3 is 2.60 bits per heavy atom. The van der Waals surface area contributed by atoms with E-state index >= 15 is 0 Å². The van der Waals surface area contributed by atoms with Gasteiger partial charge in [0.1, 0.15) is 11.4 Å². The summed E-state index contributed by atoms with van der Waals surface area (Å²) in [4.78, 5) is 26.6. The summed E-state index contributed by atoms with van der Waals surface area (Å²) in [5, 5.41) is 2.71. The number of benzene rings is 1. The second-order valence-electron chi connectivity index (χ2n) is 9.64. The summed E-state index contributed by atoms with van der Waals surface area (Å²) < 4.78 is 25.7. The molecule has 0 unspecified atom stereocenters. The molecule has 7 heteroatoms. The quantitative estimate of drug-likeness (QED) is 0.450. The number of carbonyl (C=O) groups excluding carboxylic acids is 2. The first-order valence-corrected chi connectivity index (χ1v) is 12.2. The summed E-state index contributed by atoms with van der Waals surface area (Å²) in [5.41, 5.74) is 3.15. The largest absolute Gasteiger partial charge is 0.459 e. The van der Waals surface area contributed by atoms with E-state index < -0.39 is 11.5 Å². The number of allylic oxidation sites excluding steroid dienone is 2. The van der Waals surface area contributed by atoms with Crippen molar-refractivity contribution in [3.05, 3.63) is 65.4 Å². The van der Waals surface area contributed by atoms with Gasteiger partial charge in [-0.05, 0) is 75.4 Å². The summed E-state index contributed by atoms with van der Waals surface area (Å²) in [7, 11) is 0. The molecule has 0 radical (unpaired) electrons. The first kappa shape index (κ1) is 26.3. The van der Waals surface area contributed by atoms with Crippen LogP contribution in [0, 0.1) is 5.82 Å². The van der Waals surface area contributed by atoms with E-state index in [1.54, 1.807) is 23.1 Å². The Labute approximate surface area is 206 Å². The molecule has 3 rings (SSSR count). The van der Waals surface area contributed by atoms with E-state index in [0.29, 0.717) is 30.8 Å². The van der Waals surface area contributed by atoms with Crippen LogP contribution in [-0.2, 0) is 4.74 Å². The SMILES string of the molecule is CC/C=C(\CCC)c1ccc(NC(=O)c2cc(C3=CCN(C(=O)OC(C)(C)C)CC3)co2)cc1F. The maximum atomic E-state index is 14.8. The Balaban J connectivity index is 1.64. The molecule has 2 heterocycles. The lowest BCUT2D eigenvalue weighted by atomic mass is 9.99. The molecule has 0 fully saturated rings. The van der Waals surface area contributed by atoms with Crippen LogP contribution in [0.3, 0.4) is 0 Å². The van der Waals surface area contributed by atoms with E-state index in [4.69, 9.17) is 9.15 Å². The van der Waals surface area contributed by atoms with Crippen molar-refractivity contribution in [2.24, 2.45) is 0 Å². The molecule has 6 nitrogen and oxygen atoms in total. The predicted molar refractivity (Wildman–Crippen MR) is 137 cm³/mol. The number of anilines is 1. The van der Waals surface area contributed by atoms with E-state index in [9.17, 15) is 14.0 Å². The van der Waals surface area contributed by atoms with Gasteiger partial charge in [-0.3, -0.25) is 4.79 Å². The summed E-state index contributed by atoms with van der Waals surface area (Å²) in [6.45, 7) is 10.5. The number of ether oxygens (including phenoxy) is 1. The highest BCUT2D eigenvalue weighted by atomic mass is 19.1. The van der Waals surface area contributed by atoms with Crippen molar-refractivity contribution in [3.8, 4) is 0 Å². The van der Waals surface area contributed by atoms with E-state index in [2.05, 4.69) is 12.2 Å². The fraction of sp³-hybridized carbons (Fsp3) is 0.429. The van der Waals surface area contributed by atoms with Gasteiger partial charge in [-0.2, -0.15) is 0 Å². The van der Waals surface area contributed by atoms with Crippen molar-refractivity contribution in [2.75, 3.05) is 18.4 Å². The predicted octanol–water partition coefficient (Wildman–Crippen LogP) is 7.29. The molecule has 2 amide bonds. The average molecular weight is 483 g/mol. The maximum Gasteiger partial charge on any atom is 0.410 e. The zero-order valence-corrected chi connectivity index (χ0v) is 21.2. The summed E-state index contributed by atoms with van der Waals surface area (Å²) in [5.74, 6) is -0.677. The standard InChI is InChI=1S/C28H35FN2O4/c1-6-8-20(9-7-2)23-11-10-22(17-24(23)29)30-26(32)25-16-21(18-34-25)19-12-14-31(15-13-19)27(33)35-28(3,4)5/h8,10-12,16-18H,6-7,9,13-15H2,1-5H3,(H,30,32)/b20-8+. The van der Waals surface area contributed by atoms with Crippen LogP contribution in [0.2, 0.25) is 0 Å². The lowest BCUT2D eigenvalue weighted by Gasteiger charge is -2.29. The van der Waals surface area contributed by atoms with E-state index in [0.717, 1.165) is 36.0 Å². The fourth-order valence-electron chi connectivity index (χ4n) is 3.96. The molecule has 1 aromatic carbocycles. The monoisotopic (exact) mass is 482 g/mol. The van der Waals surface area contributed by atoms with Gasteiger partial charge in [0.05, 0.1) is 6.26 Å². The zero-order valence-electron chi connectivity index (χ0n) is 21.2. The molecular weight excluding hydrogens is 447 g/mol. The molecule has 1 aliphatic heterocycles. The molecule has 188 valence electrons. The van der Waals surface area contributed by atoms with Crippen LogP contribution in [0.5, 0.6) is 0 Å². The van der Waals surface area contributed by atoms with Crippen LogP contribution >= 0.6 is 0 Å². The van der Waals surface area contributed by atoms with Crippen LogP contribution in [0.15, 0.2) is 47.1 Å². The highest BCUT2D eigenvalue weighted by Gasteiger charge is 2.24. The molecule has 0 saturated heterocycles. The average Bonchev–Trinajstić information content (AvgIpc) is 3.29. The van der Waals surface area contributed by atoms with E-state index in [1.165, 1.54) is 12.3 Å². The van der Waals surface area contributed by atoms with Gasteiger partial charge in [0.25, 0.3) is 5.91 Å². The smallest absolute Gasteiger partial charge is 0.410 e. The molecule has 1 aromatic heterocycles. The van der Waals surface area contributed by atoms with Gasteiger partial charge in [-0.1, -0.05) is 32.4 Å². The third-order valence-electron chi connectivity index (χ3n) is 5.60. The van der Waals surface area contributed by atoms with Crippen LogP contribution in [0.1, 0.15) is 82.0 Å². The Kier molecular flexibility index (Phi) is 8.54. The normalized spacial score (nSPS) is 14.5. The minimum atomic E-state index is -0.541. The fourth-order valence-corrected chi connectivity index (χ4v) is 3.96. The molecule has 0 saturated carbocycles. The third-order valence-corrected chi connectivity index (χ3v) is 5.60. The minimum absolute atomic E-state index is 0.137. The molecule has 0 aliphatic carbocycles. The van der Waals surface area contributed by atoms with Crippen molar-refractivity contribution in [1.29, 1.82) is 0 Å². The van der Waals surface area contributed by atoms with Crippen LogP contribution in [-0.4, -0.2) is 35.6 Å². The first-order chi connectivity index (χ1) is 16.6. The molecular formula is C28H35FN2O4. The Morgan fingerprint density at radius 2 is 2.00 bits per heavy atom. The van der Waals surface area contributed by atoms with Crippen molar-refractivity contribution in [3.63, 3.8) is 0 Å². The van der Waals surface area contributed by atoms with Gasteiger partial charge in [0.2, 0.25) is 0 Å². The van der Waals surface area contributed by atoms with Gasteiger partial charge in [0.15, 0.2) is 5.76 Å². The second-order valence-corrected chi connectivity index (χ2v) is 9.64. The lowest BCUT2D eigenvalue weighted by Crippen LogP contribution is -2.39. The van der Waals surface area contributed by atoms with Gasteiger partial charge >= 0.3 is 6.09 Å². The number of hydrogen-bond donors (Lipinski definition) is 1. The summed E-state index contributed by atoms with van der Waals surface area (Å²) in [6.07, 6.45) is 8.35. The Bertz CT molecular complexity index is 1120. The van der Waals surface area contributed by atoms with Crippen LogP contribution in [0.25, 0.3) is 11.1 Å². The molecule has 2 aromatic rings. The number of carbonyl (C=O) groups is 2. The van der Waals surface area contributed by atoms with Crippen molar-refractivity contribution in [2.45, 2.75) is 65.9 Å². The minimum Gasteiger partial charge on any atom is -0.459 e. The van der Waals surface area contributed by atoms with Crippen LogP contribution < -0.4 is 5.32 Å². The zero-order chi connectivity index (χ0) is 25.6. The van der Waals surface area contributed by atoms with Crippen LogP contribution in [0.4, 0.5) is 14.9 Å². The topological polar surface area (TPSA) is 71.8 Å². The molecule has 0 bridgehead atoms. The maximum absolute atomic E-state index is 14.8. The van der Waals surface area contributed by atoms with E-state index in [1.807, 2.05) is 39.8 Å². The first-order valence-electron chi connectivity index (χ1n) is 12.2. The van der Waals surface area contributed by atoms with E-state index in [-0.39, 0.29) is 17.7 Å². The number of hydrogen-bond acceptors (Lipinski definition) is 4. The number of nitrogens with zero attached hydrogens (tertiary/aromatic N) is 1. The summed E-state index contributed by atoms with van der Waals surface area (Å²) in [6, 6.07) is 6.41. The molecule has 35 heavy (non-hydrogen) atoms. The van der Waals surface area contributed by atoms with Gasteiger partial charge in [-0.25, -0.2) is 9.18 Å². The number of rotatable bonds is 7. The van der Waals surface area contributed by atoms with Crippen molar-refractivity contribution < 1.29 is 23.1 Å². The van der Waals surface area contributed by atoms with Crippen molar-refractivity contribution in [1.82, 2.24) is 4.90 Å². The highest BCUT2D eigenvalue weighted by Crippen LogP contribution is 2.28. The molecule has 0 atom stereocenters. The highest BCUT2D eigenvalue weighted by molar-refractivity contribution is 6.02. The van der Waals surface area contributed by atoms with Gasteiger partial charge in [0, 0.05) is 29.9 Å². The van der Waals surface area contributed by atoms with Gasteiger partial charge < -0.3 is 19.4 Å². The Hall–Kier alpha value is -3.35. The van der Waals surface area contributed by atoms with Gasteiger partial charge in [-0.15, -0.1) is 0 Å². The molecule has 1 aliphatic rings. The molecule has 0 spiro atoms. The number of halogens is 1. The third kappa shape index (κ3) is 7.07. The second kappa shape index (κ2) is 11.4. The number of furan rings is 1. The number of nitrogens with one attached hydrogen (secondary N) is 1. The van der Waals surface area contributed by atoms with Crippen molar-refractivity contribution >= 4 is 28.8 Å². The molecule has 1 N–H and O–H groups in total.